The highest BCUT2D eigenvalue weighted by atomic mass is 32.2. The molecule has 0 aliphatic carbocycles. The number of carbonyl (C=O) groups is 1. The van der Waals surface area contributed by atoms with Crippen molar-refractivity contribution in [2.45, 2.75) is 18.4 Å². The molecule has 0 fully saturated rings. The second-order valence-electron chi connectivity index (χ2n) is 4.01. The molecule has 0 saturated carbocycles. The predicted molar refractivity (Wildman–Crippen MR) is 68.4 cm³/mol. The number of amides is 1. The van der Waals surface area contributed by atoms with Gasteiger partial charge in [0.05, 0.1) is 5.75 Å². The maximum absolute atomic E-state index is 11.4. The lowest BCUT2D eigenvalue weighted by molar-refractivity contribution is 0.0991. The van der Waals surface area contributed by atoms with Crippen molar-refractivity contribution in [2.75, 3.05) is 0 Å². The molecule has 108 valence electrons. The maximum Gasteiger partial charge on any atom is 0.269 e. The van der Waals surface area contributed by atoms with Crippen LogP contribution in [0.3, 0.4) is 0 Å². The van der Waals surface area contributed by atoms with Gasteiger partial charge in [-0.2, -0.15) is 8.42 Å². The Kier molecular flexibility index (Phi) is 4.50. The smallest absolute Gasteiger partial charge is 0.269 e. The summed E-state index contributed by atoms with van der Waals surface area (Å²) in [6.07, 6.45) is 0. The van der Waals surface area contributed by atoms with Crippen molar-refractivity contribution < 1.29 is 26.5 Å². The molecule has 1 unspecified atom stereocenters. The van der Waals surface area contributed by atoms with Gasteiger partial charge in [-0.05, 0) is 12.5 Å². The number of hydrogen-bond donors (Lipinski definition) is 3. The molecule has 0 radical (unpaired) electrons. The first-order chi connectivity index (χ1) is 8.54. The van der Waals surface area contributed by atoms with E-state index >= 15 is 0 Å². The van der Waals surface area contributed by atoms with Gasteiger partial charge in [0.2, 0.25) is 0 Å². The average Bonchev–Trinajstić information content (AvgIpc) is 2.40. The first-order valence-electron chi connectivity index (χ1n) is 5.04. The number of carbonyl (C=O) groups excluding carboxylic acids is 1. The fourth-order valence-electron chi connectivity index (χ4n) is 1.90. The Balaban J connectivity index is 3.57. The van der Waals surface area contributed by atoms with Gasteiger partial charge in [-0.15, -0.1) is 0 Å². The molecule has 19 heavy (non-hydrogen) atoms. The molecule has 0 saturated heterocycles. The van der Waals surface area contributed by atoms with Gasteiger partial charge >= 0.3 is 0 Å². The molecular weight excluding hydrogens is 296 g/mol. The zero-order valence-corrected chi connectivity index (χ0v) is 11.9. The Morgan fingerprint density at radius 1 is 1.42 bits per heavy atom. The highest BCUT2D eigenvalue weighted by Crippen LogP contribution is 2.25. The van der Waals surface area contributed by atoms with Gasteiger partial charge in [0.25, 0.3) is 16.0 Å². The highest BCUT2D eigenvalue weighted by molar-refractivity contribution is 7.85. The Labute approximate surface area is 112 Å². The van der Waals surface area contributed by atoms with Crippen molar-refractivity contribution in [2.24, 2.45) is 12.8 Å². The molecule has 1 rings (SSSR count). The van der Waals surface area contributed by atoms with Crippen molar-refractivity contribution in [3.8, 4) is 0 Å². The average molecular weight is 310 g/mol. The third kappa shape index (κ3) is 3.62. The summed E-state index contributed by atoms with van der Waals surface area (Å²) >= 11 is -2.22. The molecular formula is C9H14N2O6S2. The number of aromatic nitrogens is 1. The molecule has 1 heterocycles. The van der Waals surface area contributed by atoms with Crippen LogP contribution < -0.4 is 5.73 Å². The Morgan fingerprint density at radius 2 is 1.95 bits per heavy atom. The minimum atomic E-state index is -4.40. The fourth-order valence-corrected chi connectivity index (χ4v) is 3.21. The summed E-state index contributed by atoms with van der Waals surface area (Å²) in [5.74, 6) is -2.06. The van der Waals surface area contributed by atoms with Crippen LogP contribution in [0, 0.1) is 6.92 Å². The molecule has 1 atom stereocenters. The van der Waals surface area contributed by atoms with Crippen molar-refractivity contribution in [3.05, 3.63) is 22.5 Å². The Hall–Kier alpha value is -1.23. The number of rotatable bonds is 5. The fraction of sp³-hybridized carbons (Fsp3) is 0.444. The molecule has 1 aromatic rings. The van der Waals surface area contributed by atoms with Gasteiger partial charge in [-0.25, -0.2) is 4.21 Å². The standard InChI is InChI=1S/C9H14N2O6S2/c1-5-6(3-18(13)14)7(4-19(15,16)17)8(9(10)12)11(5)2/h3-4H2,1-2H3,(H2,10,12)(H,13,14)(H,15,16,17). The van der Waals surface area contributed by atoms with E-state index in [0.29, 0.717) is 5.69 Å². The van der Waals surface area contributed by atoms with E-state index in [1.54, 1.807) is 6.92 Å². The lowest BCUT2D eigenvalue weighted by Crippen LogP contribution is -2.19. The van der Waals surface area contributed by atoms with Crippen LogP contribution in [0.15, 0.2) is 0 Å². The minimum absolute atomic E-state index is 0.0441. The lowest BCUT2D eigenvalue weighted by Gasteiger charge is -2.03. The number of primary amides is 1. The normalized spacial score (nSPS) is 13.5. The van der Waals surface area contributed by atoms with E-state index in [1.807, 2.05) is 0 Å². The Morgan fingerprint density at radius 3 is 2.32 bits per heavy atom. The zero-order valence-electron chi connectivity index (χ0n) is 10.3. The second kappa shape index (κ2) is 5.41. The monoisotopic (exact) mass is 310 g/mol. The molecule has 0 aromatic carbocycles. The summed E-state index contributed by atoms with van der Waals surface area (Å²) in [5, 5.41) is 0. The molecule has 0 aliphatic heterocycles. The van der Waals surface area contributed by atoms with Crippen LogP contribution in [0.1, 0.15) is 27.3 Å². The predicted octanol–water partition coefficient (Wildman–Crippen LogP) is -0.458. The van der Waals surface area contributed by atoms with Crippen LogP contribution in [-0.2, 0) is 39.8 Å². The molecule has 0 bridgehead atoms. The van der Waals surface area contributed by atoms with Gasteiger partial charge in [-0.1, -0.05) is 0 Å². The first kappa shape index (κ1) is 15.8. The van der Waals surface area contributed by atoms with Gasteiger partial charge in [0, 0.05) is 18.3 Å². The van der Waals surface area contributed by atoms with Crippen molar-refractivity contribution in [1.82, 2.24) is 4.57 Å². The largest absolute Gasteiger partial charge is 0.364 e. The maximum atomic E-state index is 11.4. The van der Waals surface area contributed by atoms with Crippen LogP contribution in [-0.4, -0.2) is 32.2 Å². The van der Waals surface area contributed by atoms with Crippen LogP contribution in [0.25, 0.3) is 0 Å². The highest BCUT2D eigenvalue weighted by Gasteiger charge is 2.26. The topological polar surface area (TPSA) is 140 Å². The summed E-state index contributed by atoms with van der Waals surface area (Å²) in [4.78, 5) is 11.4. The van der Waals surface area contributed by atoms with E-state index in [0.717, 1.165) is 0 Å². The van der Waals surface area contributed by atoms with E-state index in [4.69, 9.17) is 14.8 Å². The van der Waals surface area contributed by atoms with Gasteiger partial charge in [-0.3, -0.25) is 9.35 Å². The van der Waals surface area contributed by atoms with E-state index in [1.165, 1.54) is 11.6 Å². The Bertz CT molecular complexity index is 646. The molecule has 1 amide bonds. The van der Waals surface area contributed by atoms with E-state index in [9.17, 15) is 17.4 Å². The molecule has 10 heteroatoms. The molecule has 0 aliphatic rings. The van der Waals surface area contributed by atoms with E-state index < -0.39 is 32.9 Å². The summed E-state index contributed by atoms with van der Waals surface area (Å²) in [7, 11) is -2.92. The quantitative estimate of drug-likeness (QED) is 0.496. The number of nitrogens with zero attached hydrogens (tertiary/aromatic N) is 1. The van der Waals surface area contributed by atoms with Crippen LogP contribution in [0.2, 0.25) is 0 Å². The summed E-state index contributed by atoms with van der Waals surface area (Å²) < 4.78 is 52.1. The summed E-state index contributed by atoms with van der Waals surface area (Å²) in [5.41, 5.74) is 5.68. The SMILES string of the molecule is Cc1c(CS(=O)O)c(CS(=O)(=O)O)c(C(N)=O)n1C. The molecule has 1 aromatic heterocycles. The zero-order chi connectivity index (χ0) is 15.0. The second-order valence-corrected chi connectivity index (χ2v) is 6.39. The molecule has 4 N–H and O–H groups in total. The van der Waals surface area contributed by atoms with Gasteiger partial charge in [0.1, 0.15) is 11.4 Å². The van der Waals surface area contributed by atoms with E-state index in [-0.39, 0.29) is 22.6 Å². The summed E-state index contributed by atoms with van der Waals surface area (Å²) in [6.45, 7) is 1.56. The van der Waals surface area contributed by atoms with Crippen LogP contribution >= 0.6 is 0 Å². The molecule has 8 nitrogen and oxygen atoms in total. The van der Waals surface area contributed by atoms with Crippen molar-refractivity contribution in [1.29, 1.82) is 0 Å². The first-order valence-corrected chi connectivity index (χ1v) is 7.92. The van der Waals surface area contributed by atoms with E-state index in [2.05, 4.69) is 0 Å². The number of hydrogen-bond acceptors (Lipinski definition) is 4. The molecule has 0 spiro atoms. The van der Waals surface area contributed by atoms with Crippen LogP contribution in [0.4, 0.5) is 0 Å². The van der Waals surface area contributed by atoms with Gasteiger partial charge in [0.15, 0.2) is 11.1 Å². The number of nitrogens with two attached hydrogens (primary N) is 1. The van der Waals surface area contributed by atoms with Gasteiger partial charge < -0.3 is 14.9 Å². The lowest BCUT2D eigenvalue weighted by atomic mass is 10.1. The summed E-state index contributed by atoms with van der Waals surface area (Å²) in [6, 6.07) is 0. The van der Waals surface area contributed by atoms with Crippen molar-refractivity contribution >= 4 is 27.1 Å². The minimum Gasteiger partial charge on any atom is -0.364 e. The third-order valence-electron chi connectivity index (χ3n) is 2.75. The van der Waals surface area contributed by atoms with Crippen LogP contribution in [0.5, 0.6) is 0 Å². The van der Waals surface area contributed by atoms with Crippen molar-refractivity contribution in [3.63, 3.8) is 0 Å². The third-order valence-corrected chi connectivity index (χ3v) is 3.94.